The van der Waals surface area contributed by atoms with Gasteiger partial charge in [-0.3, -0.25) is 19.4 Å². The third-order valence-electron chi connectivity index (χ3n) is 5.50. The van der Waals surface area contributed by atoms with Gasteiger partial charge in [0.25, 0.3) is 0 Å². The zero-order valence-electron chi connectivity index (χ0n) is 18.3. The van der Waals surface area contributed by atoms with Crippen LogP contribution in [0.3, 0.4) is 0 Å². The van der Waals surface area contributed by atoms with Crippen molar-refractivity contribution in [2.75, 3.05) is 37.0 Å². The Balaban J connectivity index is 1.26. The lowest BCUT2D eigenvalue weighted by molar-refractivity contribution is -0.119. The minimum absolute atomic E-state index is 0.0448. The molecule has 2 fully saturated rings. The van der Waals surface area contributed by atoms with Gasteiger partial charge in [-0.25, -0.2) is 0 Å². The SMILES string of the molecule is CCC(=O)N(c1nnc(SCC(=O)NCc2ccccc2CN2CCOCC2)s1)C1CC1. The van der Waals surface area contributed by atoms with Gasteiger partial charge < -0.3 is 10.1 Å². The van der Waals surface area contributed by atoms with Crippen molar-refractivity contribution in [2.45, 2.75) is 49.7 Å². The van der Waals surface area contributed by atoms with Gasteiger partial charge in [-0.05, 0) is 24.0 Å². The lowest BCUT2D eigenvalue weighted by atomic mass is 10.1. The maximum absolute atomic E-state index is 12.4. The lowest BCUT2D eigenvalue weighted by Gasteiger charge is -2.27. The second kappa shape index (κ2) is 11.2. The summed E-state index contributed by atoms with van der Waals surface area (Å²) < 4.78 is 6.13. The Labute approximate surface area is 196 Å². The first kappa shape index (κ1) is 23.2. The molecule has 4 rings (SSSR count). The number of anilines is 1. The number of nitrogens with zero attached hydrogens (tertiary/aromatic N) is 4. The van der Waals surface area contributed by atoms with Crippen LogP contribution >= 0.6 is 23.1 Å². The number of rotatable bonds is 10. The topological polar surface area (TPSA) is 87.7 Å². The Bertz CT molecular complexity index is 928. The van der Waals surface area contributed by atoms with E-state index in [2.05, 4.69) is 32.5 Å². The van der Waals surface area contributed by atoms with Crippen LogP contribution in [-0.2, 0) is 27.4 Å². The molecule has 8 nitrogen and oxygen atoms in total. The molecule has 2 amide bonds. The van der Waals surface area contributed by atoms with Gasteiger partial charge in [0.1, 0.15) is 0 Å². The molecule has 1 N–H and O–H groups in total. The largest absolute Gasteiger partial charge is 0.379 e. The Kier molecular flexibility index (Phi) is 8.12. The third-order valence-corrected chi connectivity index (χ3v) is 7.56. The number of nitrogens with one attached hydrogen (secondary N) is 1. The van der Waals surface area contributed by atoms with Gasteiger partial charge in [0.05, 0.1) is 19.0 Å². The number of morpholine rings is 1. The quantitative estimate of drug-likeness (QED) is 0.418. The van der Waals surface area contributed by atoms with Gasteiger partial charge in [0.2, 0.25) is 16.9 Å². The highest BCUT2D eigenvalue weighted by molar-refractivity contribution is 8.01. The van der Waals surface area contributed by atoms with Gasteiger partial charge in [-0.15, -0.1) is 10.2 Å². The zero-order valence-corrected chi connectivity index (χ0v) is 19.9. The second-order valence-electron chi connectivity index (χ2n) is 7.92. The fourth-order valence-corrected chi connectivity index (χ4v) is 5.34. The zero-order chi connectivity index (χ0) is 22.3. The van der Waals surface area contributed by atoms with E-state index in [1.807, 2.05) is 19.1 Å². The number of amides is 2. The first-order valence-electron chi connectivity index (χ1n) is 11.1. The Hall–Kier alpha value is -2.01. The van der Waals surface area contributed by atoms with Crippen molar-refractivity contribution in [2.24, 2.45) is 0 Å². The van der Waals surface area contributed by atoms with Gasteiger partial charge in [-0.2, -0.15) is 0 Å². The van der Waals surface area contributed by atoms with E-state index in [9.17, 15) is 9.59 Å². The molecule has 0 bridgehead atoms. The highest BCUT2D eigenvalue weighted by Crippen LogP contribution is 2.36. The Morgan fingerprint density at radius 1 is 1.22 bits per heavy atom. The fourth-order valence-electron chi connectivity index (χ4n) is 3.58. The molecule has 2 aromatic rings. The average molecular weight is 476 g/mol. The summed E-state index contributed by atoms with van der Waals surface area (Å²) in [5.74, 6) is 0.302. The van der Waals surface area contributed by atoms with Crippen molar-refractivity contribution in [1.82, 2.24) is 20.4 Å². The van der Waals surface area contributed by atoms with Crippen molar-refractivity contribution >= 4 is 40.0 Å². The van der Waals surface area contributed by atoms with Crippen LogP contribution in [0.2, 0.25) is 0 Å². The van der Waals surface area contributed by atoms with Crippen LogP contribution in [0.5, 0.6) is 0 Å². The normalized spacial score (nSPS) is 16.7. The third kappa shape index (κ3) is 6.28. The molecule has 32 heavy (non-hydrogen) atoms. The van der Waals surface area contributed by atoms with E-state index in [1.54, 1.807) is 4.90 Å². The predicted molar refractivity (Wildman–Crippen MR) is 126 cm³/mol. The van der Waals surface area contributed by atoms with E-state index in [-0.39, 0.29) is 23.6 Å². The average Bonchev–Trinajstić information content (AvgIpc) is 3.54. The van der Waals surface area contributed by atoms with Crippen LogP contribution in [0.1, 0.15) is 37.3 Å². The van der Waals surface area contributed by atoms with Crippen molar-refractivity contribution in [3.8, 4) is 0 Å². The standard InChI is InChI=1S/C22H29N5O3S2/c1-2-20(29)27(18-7-8-18)21-24-25-22(32-21)31-15-19(28)23-13-16-5-3-4-6-17(16)14-26-9-11-30-12-10-26/h3-6,18H,2,7-15H2,1H3,(H,23,28). The molecule has 1 aromatic carbocycles. The van der Waals surface area contributed by atoms with E-state index >= 15 is 0 Å². The van der Waals surface area contributed by atoms with Crippen LogP contribution in [0.25, 0.3) is 0 Å². The van der Waals surface area contributed by atoms with Crippen molar-refractivity contribution in [3.63, 3.8) is 0 Å². The second-order valence-corrected chi connectivity index (χ2v) is 10.1. The molecule has 1 aromatic heterocycles. The molecule has 1 aliphatic carbocycles. The molecule has 2 aliphatic rings. The minimum atomic E-state index is -0.0448. The summed E-state index contributed by atoms with van der Waals surface area (Å²) in [5.41, 5.74) is 2.37. The first-order valence-corrected chi connectivity index (χ1v) is 12.9. The van der Waals surface area contributed by atoms with E-state index in [0.717, 1.165) is 51.3 Å². The summed E-state index contributed by atoms with van der Waals surface area (Å²) in [4.78, 5) is 28.8. The highest BCUT2D eigenvalue weighted by Gasteiger charge is 2.35. The number of hydrogen-bond acceptors (Lipinski definition) is 8. The summed E-state index contributed by atoms with van der Waals surface area (Å²) >= 11 is 2.74. The smallest absolute Gasteiger partial charge is 0.230 e. The summed E-state index contributed by atoms with van der Waals surface area (Å²) in [6.45, 7) is 6.64. The number of thioether (sulfide) groups is 1. The predicted octanol–water partition coefficient (Wildman–Crippen LogP) is 2.68. The van der Waals surface area contributed by atoms with E-state index in [0.29, 0.717) is 22.4 Å². The van der Waals surface area contributed by atoms with Crippen LogP contribution in [0.15, 0.2) is 28.6 Å². The number of hydrogen-bond donors (Lipinski definition) is 1. The van der Waals surface area contributed by atoms with Crippen molar-refractivity contribution in [3.05, 3.63) is 35.4 Å². The molecule has 0 spiro atoms. The molecule has 1 saturated carbocycles. The van der Waals surface area contributed by atoms with Crippen LogP contribution in [0, 0.1) is 0 Å². The summed E-state index contributed by atoms with van der Waals surface area (Å²) in [6, 6.07) is 8.49. The number of carbonyl (C=O) groups excluding carboxylic acids is 2. The first-order chi connectivity index (χ1) is 15.6. The number of carbonyl (C=O) groups is 2. The van der Waals surface area contributed by atoms with Crippen LogP contribution in [0.4, 0.5) is 5.13 Å². The summed E-state index contributed by atoms with van der Waals surface area (Å²) in [7, 11) is 0. The molecule has 10 heteroatoms. The minimum Gasteiger partial charge on any atom is -0.379 e. The molecule has 1 saturated heterocycles. The molecule has 1 aliphatic heterocycles. The monoisotopic (exact) mass is 475 g/mol. The molecule has 172 valence electrons. The van der Waals surface area contributed by atoms with Crippen molar-refractivity contribution < 1.29 is 14.3 Å². The fraction of sp³-hybridized carbons (Fsp3) is 0.545. The molecule has 0 unspecified atom stereocenters. The summed E-state index contributed by atoms with van der Waals surface area (Å²) in [6.07, 6.45) is 2.49. The number of benzene rings is 1. The van der Waals surface area contributed by atoms with E-state index in [4.69, 9.17) is 4.74 Å². The molecular weight excluding hydrogens is 446 g/mol. The Morgan fingerprint density at radius 3 is 2.69 bits per heavy atom. The molecule has 0 radical (unpaired) electrons. The maximum atomic E-state index is 12.4. The van der Waals surface area contributed by atoms with Crippen molar-refractivity contribution in [1.29, 1.82) is 0 Å². The van der Waals surface area contributed by atoms with Crippen LogP contribution < -0.4 is 10.2 Å². The molecule has 2 heterocycles. The van der Waals surface area contributed by atoms with Gasteiger partial charge in [-0.1, -0.05) is 54.3 Å². The highest BCUT2D eigenvalue weighted by atomic mass is 32.2. The molecular formula is C22H29N5O3S2. The maximum Gasteiger partial charge on any atom is 0.230 e. The van der Waals surface area contributed by atoms with Gasteiger partial charge >= 0.3 is 0 Å². The molecule has 0 atom stereocenters. The van der Waals surface area contributed by atoms with Gasteiger partial charge in [0, 0.05) is 38.6 Å². The van der Waals surface area contributed by atoms with E-state index in [1.165, 1.54) is 28.7 Å². The Morgan fingerprint density at radius 2 is 1.97 bits per heavy atom. The van der Waals surface area contributed by atoms with E-state index < -0.39 is 0 Å². The number of ether oxygens (including phenoxy) is 1. The summed E-state index contributed by atoms with van der Waals surface area (Å²) in [5, 5.41) is 12.0. The lowest BCUT2D eigenvalue weighted by Crippen LogP contribution is -2.36. The van der Waals surface area contributed by atoms with Gasteiger partial charge in [0.15, 0.2) is 4.34 Å². The van der Waals surface area contributed by atoms with Crippen LogP contribution in [-0.4, -0.2) is 65.0 Å². The number of aromatic nitrogens is 2.